The normalized spacial score (nSPS) is 13.1. The summed E-state index contributed by atoms with van der Waals surface area (Å²) in [5.41, 5.74) is 2.14. The highest BCUT2D eigenvalue weighted by atomic mass is 16.4. The van der Waals surface area contributed by atoms with Crippen LogP contribution in [0, 0.1) is 6.92 Å². The van der Waals surface area contributed by atoms with Crippen molar-refractivity contribution in [3.05, 3.63) is 76.2 Å². The predicted octanol–water partition coefficient (Wildman–Crippen LogP) is 3.70. The Labute approximate surface area is 162 Å². The van der Waals surface area contributed by atoms with E-state index in [-0.39, 0.29) is 11.8 Å². The van der Waals surface area contributed by atoms with Gasteiger partial charge >= 0.3 is 5.97 Å². The van der Waals surface area contributed by atoms with Gasteiger partial charge in [-0.25, -0.2) is 4.79 Å². The molecule has 6 heteroatoms. The molecule has 1 heterocycles. The molecule has 2 N–H and O–H groups in total. The minimum Gasteiger partial charge on any atom is -0.480 e. The summed E-state index contributed by atoms with van der Waals surface area (Å²) in [5.74, 6) is -1.62. The first-order chi connectivity index (χ1) is 13.3. The van der Waals surface area contributed by atoms with Gasteiger partial charge in [0.2, 0.25) is 5.91 Å². The second-order valence-electron chi connectivity index (χ2n) is 6.93. The van der Waals surface area contributed by atoms with Crippen molar-refractivity contribution in [2.45, 2.75) is 32.7 Å². The highest BCUT2D eigenvalue weighted by molar-refractivity contribution is 6.03. The van der Waals surface area contributed by atoms with Crippen LogP contribution in [-0.2, 0) is 9.59 Å². The molecule has 0 radical (unpaired) electrons. The smallest absolute Gasteiger partial charge is 0.326 e. The van der Waals surface area contributed by atoms with E-state index in [1.807, 2.05) is 38.1 Å². The zero-order valence-corrected chi connectivity index (χ0v) is 16.0. The van der Waals surface area contributed by atoms with Crippen molar-refractivity contribution in [3.63, 3.8) is 0 Å². The molecule has 0 aliphatic heterocycles. The van der Waals surface area contributed by atoms with Gasteiger partial charge in [0.1, 0.15) is 6.04 Å². The second kappa shape index (κ2) is 7.68. The molecule has 0 saturated heterocycles. The minimum absolute atomic E-state index is 0.181. The minimum atomic E-state index is -1.09. The van der Waals surface area contributed by atoms with Gasteiger partial charge in [0.05, 0.1) is 5.92 Å². The summed E-state index contributed by atoms with van der Waals surface area (Å²) in [6, 6.07) is 13.5. The standard InChI is InChI=1S/C22H22N2O4/c1-13-7-9-16(10-8-13)14(2)20(25)23-19-6-4-5-18-17(19)11-12-24(21(18)26)15(3)22(27)28/h4-12,14-15H,1-3H3,(H,23,25)(H,27,28)/t14-,15+/m0/s1. The molecule has 28 heavy (non-hydrogen) atoms. The second-order valence-corrected chi connectivity index (χ2v) is 6.93. The van der Waals surface area contributed by atoms with Crippen LogP contribution in [0.4, 0.5) is 5.69 Å². The average Bonchev–Trinajstić information content (AvgIpc) is 2.68. The van der Waals surface area contributed by atoms with Crippen molar-refractivity contribution in [2.75, 3.05) is 5.32 Å². The first-order valence-electron chi connectivity index (χ1n) is 9.03. The van der Waals surface area contributed by atoms with Crippen molar-refractivity contribution in [2.24, 2.45) is 0 Å². The van der Waals surface area contributed by atoms with E-state index in [1.165, 1.54) is 17.7 Å². The average molecular weight is 378 g/mol. The third kappa shape index (κ3) is 3.67. The van der Waals surface area contributed by atoms with Crippen molar-refractivity contribution in [3.8, 4) is 0 Å². The number of carboxylic acids is 1. The molecule has 0 unspecified atom stereocenters. The van der Waals surface area contributed by atoms with Crippen LogP contribution < -0.4 is 10.9 Å². The highest BCUT2D eigenvalue weighted by Gasteiger charge is 2.19. The number of aliphatic carboxylic acids is 1. The van der Waals surface area contributed by atoms with E-state index in [9.17, 15) is 19.5 Å². The fourth-order valence-electron chi connectivity index (χ4n) is 3.07. The number of carbonyl (C=O) groups is 2. The van der Waals surface area contributed by atoms with Crippen molar-refractivity contribution in [1.82, 2.24) is 4.57 Å². The van der Waals surface area contributed by atoms with E-state index in [2.05, 4.69) is 5.32 Å². The van der Waals surface area contributed by atoms with Crippen LogP contribution in [-0.4, -0.2) is 21.6 Å². The summed E-state index contributed by atoms with van der Waals surface area (Å²) in [6.45, 7) is 5.26. The molecule has 0 aliphatic rings. The summed E-state index contributed by atoms with van der Waals surface area (Å²) in [6.07, 6.45) is 1.45. The Hall–Kier alpha value is -3.41. The Morgan fingerprint density at radius 1 is 1.00 bits per heavy atom. The number of rotatable bonds is 5. The van der Waals surface area contributed by atoms with Crippen LogP contribution >= 0.6 is 0 Å². The van der Waals surface area contributed by atoms with Crippen molar-refractivity contribution < 1.29 is 14.7 Å². The maximum Gasteiger partial charge on any atom is 0.326 e. The number of carbonyl (C=O) groups excluding carboxylic acids is 1. The summed E-state index contributed by atoms with van der Waals surface area (Å²) in [5, 5.41) is 13.0. The predicted molar refractivity (Wildman–Crippen MR) is 109 cm³/mol. The number of nitrogens with zero attached hydrogens (tertiary/aromatic N) is 1. The number of aromatic nitrogens is 1. The van der Waals surface area contributed by atoms with Gasteiger partial charge in [0.15, 0.2) is 0 Å². The molecule has 0 aliphatic carbocycles. The lowest BCUT2D eigenvalue weighted by atomic mass is 9.99. The Bertz CT molecular complexity index is 1100. The molecule has 1 aromatic heterocycles. The maximum atomic E-state index is 12.7. The lowest BCUT2D eigenvalue weighted by Crippen LogP contribution is -2.27. The molecule has 2 aromatic carbocycles. The summed E-state index contributed by atoms with van der Waals surface area (Å²) in [4.78, 5) is 36.6. The third-order valence-corrected chi connectivity index (χ3v) is 4.98. The number of nitrogens with one attached hydrogen (secondary N) is 1. The van der Waals surface area contributed by atoms with Crippen molar-refractivity contribution in [1.29, 1.82) is 0 Å². The maximum absolute atomic E-state index is 12.7. The van der Waals surface area contributed by atoms with E-state index in [0.717, 1.165) is 11.1 Å². The summed E-state index contributed by atoms with van der Waals surface area (Å²) >= 11 is 0. The zero-order valence-electron chi connectivity index (χ0n) is 16.0. The molecule has 3 aromatic rings. The van der Waals surface area contributed by atoms with E-state index in [0.29, 0.717) is 16.5 Å². The molecule has 0 spiro atoms. The molecule has 3 rings (SSSR count). The fourth-order valence-corrected chi connectivity index (χ4v) is 3.07. The quantitative estimate of drug-likeness (QED) is 0.709. The molecule has 0 fully saturated rings. The number of carboxylic acid groups (broad SMARTS) is 1. The van der Waals surface area contributed by atoms with E-state index in [4.69, 9.17) is 0 Å². The number of anilines is 1. The van der Waals surface area contributed by atoms with Crippen molar-refractivity contribution >= 4 is 28.3 Å². The van der Waals surface area contributed by atoms with Gasteiger partial charge in [-0.3, -0.25) is 9.59 Å². The van der Waals surface area contributed by atoms with E-state index in [1.54, 1.807) is 24.3 Å². The van der Waals surface area contributed by atoms with Crippen LogP contribution in [0.5, 0.6) is 0 Å². The Kier molecular flexibility index (Phi) is 5.31. The zero-order chi connectivity index (χ0) is 20.4. The van der Waals surface area contributed by atoms with Crippen LogP contribution in [0.2, 0.25) is 0 Å². The summed E-state index contributed by atoms with van der Waals surface area (Å²) < 4.78 is 1.17. The number of hydrogen-bond donors (Lipinski definition) is 2. The third-order valence-electron chi connectivity index (χ3n) is 4.98. The molecular weight excluding hydrogens is 356 g/mol. The van der Waals surface area contributed by atoms with Crippen LogP contribution in [0.25, 0.3) is 10.8 Å². The van der Waals surface area contributed by atoms with Gasteiger partial charge in [0.25, 0.3) is 5.56 Å². The number of pyridine rings is 1. The number of benzene rings is 2. The van der Waals surface area contributed by atoms with E-state index < -0.39 is 17.6 Å². The van der Waals surface area contributed by atoms with Gasteiger partial charge in [-0.15, -0.1) is 0 Å². The van der Waals surface area contributed by atoms with Gasteiger partial charge in [-0.2, -0.15) is 0 Å². The number of amides is 1. The summed E-state index contributed by atoms with van der Waals surface area (Å²) in [7, 11) is 0. The Balaban J connectivity index is 1.94. The SMILES string of the molecule is Cc1ccc([C@H](C)C(=O)Nc2cccc3c(=O)n([C@H](C)C(=O)O)ccc23)cc1. The molecule has 1 amide bonds. The van der Waals surface area contributed by atoms with Crippen LogP contribution in [0.1, 0.15) is 36.9 Å². The van der Waals surface area contributed by atoms with Gasteiger partial charge in [-0.1, -0.05) is 35.9 Å². The molecule has 0 bridgehead atoms. The molecule has 144 valence electrons. The first-order valence-corrected chi connectivity index (χ1v) is 9.03. The number of hydrogen-bond acceptors (Lipinski definition) is 3. The molecule has 6 nitrogen and oxygen atoms in total. The van der Waals surface area contributed by atoms with E-state index >= 15 is 0 Å². The van der Waals surface area contributed by atoms with Crippen LogP contribution in [0.3, 0.4) is 0 Å². The van der Waals surface area contributed by atoms with Gasteiger partial charge in [-0.05, 0) is 44.5 Å². The molecule has 2 atom stereocenters. The van der Waals surface area contributed by atoms with Crippen LogP contribution in [0.15, 0.2) is 59.5 Å². The largest absolute Gasteiger partial charge is 0.480 e. The lowest BCUT2D eigenvalue weighted by Gasteiger charge is -2.16. The van der Waals surface area contributed by atoms with Gasteiger partial charge < -0.3 is 15.0 Å². The molecular formula is C22H22N2O4. The topological polar surface area (TPSA) is 88.4 Å². The Morgan fingerprint density at radius 3 is 2.32 bits per heavy atom. The number of aryl methyl sites for hydroxylation is 1. The first kappa shape index (κ1) is 19.4. The highest BCUT2D eigenvalue weighted by Crippen LogP contribution is 2.24. The lowest BCUT2D eigenvalue weighted by molar-refractivity contribution is -0.140. The fraction of sp³-hybridized carbons (Fsp3) is 0.227. The van der Waals surface area contributed by atoms with Gasteiger partial charge in [0, 0.05) is 22.7 Å². The monoisotopic (exact) mass is 378 g/mol. The Morgan fingerprint density at radius 2 is 1.68 bits per heavy atom. The molecule has 0 saturated carbocycles. The number of fused-ring (bicyclic) bond motifs is 1.